The number of rotatable bonds is 6. The zero-order valence-corrected chi connectivity index (χ0v) is 10.8. The summed E-state index contributed by atoms with van der Waals surface area (Å²) in [4.78, 5) is 0. The summed E-state index contributed by atoms with van der Waals surface area (Å²) in [7, 11) is 0. The molecule has 16 heavy (non-hydrogen) atoms. The minimum atomic E-state index is 0.140. The van der Waals surface area contributed by atoms with E-state index in [0.29, 0.717) is 0 Å². The van der Waals surface area contributed by atoms with E-state index in [-0.39, 0.29) is 12.0 Å². The highest BCUT2D eigenvalue weighted by molar-refractivity contribution is 5.19. The van der Waals surface area contributed by atoms with Crippen molar-refractivity contribution in [2.24, 2.45) is 5.41 Å². The molecule has 1 heterocycles. The number of hydrogen-bond donors (Lipinski definition) is 2. The lowest BCUT2D eigenvalue weighted by Crippen LogP contribution is -2.29. The molecule has 0 atom stereocenters. The first kappa shape index (κ1) is 13.3. The molecule has 0 saturated heterocycles. The fourth-order valence-electron chi connectivity index (χ4n) is 1.79. The number of aryl methyl sites for hydroxylation is 2. The molecule has 1 aromatic rings. The molecule has 1 rings (SSSR count). The monoisotopic (exact) mass is 225 g/mol. The molecule has 0 amide bonds. The highest BCUT2D eigenvalue weighted by Gasteiger charge is 2.16. The van der Waals surface area contributed by atoms with Crippen LogP contribution in [-0.4, -0.2) is 18.3 Å². The summed E-state index contributed by atoms with van der Waals surface area (Å²) < 4.78 is 5.46. The second kappa shape index (κ2) is 5.51. The van der Waals surface area contributed by atoms with E-state index in [0.717, 1.165) is 31.0 Å². The number of nitrogens with one attached hydrogen (secondary N) is 1. The third kappa shape index (κ3) is 3.99. The van der Waals surface area contributed by atoms with Gasteiger partial charge in [0.2, 0.25) is 0 Å². The van der Waals surface area contributed by atoms with Gasteiger partial charge in [0, 0.05) is 25.3 Å². The zero-order valence-electron chi connectivity index (χ0n) is 10.8. The van der Waals surface area contributed by atoms with Crippen LogP contribution in [0.4, 0.5) is 0 Å². The third-order valence-electron chi connectivity index (χ3n) is 2.85. The van der Waals surface area contributed by atoms with Crippen LogP contribution in [-0.2, 0) is 6.54 Å². The Morgan fingerprint density at radius 1 is 1.38 bits per heavy atom. The van der Waals surface area contributed by atoms with Crippen LogP contribution >= 0.6 is 0 Å². The fourth-order valence-corrected chi connectivity index (χ4v) is 1.79. The maximum absolute atomic E-state index is 8.92. The van der Waals surface area contributed by atoms with Gasteiger partial charge in [-0.3, -0.25) is 0 Å². The molecular weight excluding hydrogens is 202 g/mol. The van der Waals surface area contributed by atoms with Gasteiger partial charge in [0.05, 0.1) is 0 Å². The predicted molar refractivity (Wildman–Crippen MR) is 65.4 cm³/mol. The Bertz CT molecular complexity index is 329. The van der Waals surface area contributed by atoms with Gasteiger partial charge in [0.15, 0.2) is 0 Å². The van der Waals surface area contributed by atoms with E-state index in [9.17, 15) is 0 Å². The molecule has 2 N–H and O–H groups in total. The van der Waals surface area contributed by atoms with Crippen LogP contribution in [0.1, 0.15) is 37.4 Å². The molecule has 0 spiro atoms. The van der Waals surface area contributed by atoms with E-state index in [4.69, 9.17) is 9.52 Å². The first-order valence-corrected chi connectivity index (χ1v) is 5.82. The van der Waals surface area contributed by atoms with E-state index in [1.165, 1.54) is 5.56 Å². The molecule has 0 saturated carbocycles. The van der Waals surface area contributed by atoms with E-state index in [2.05, 4.69) is 25.2 Å². The molecule has 0 unspecified atom stereocenters. The summed E-state index contributed by atoms with van der Waals surface area (Å²) in [5, 5.41) is 12.3. The van der Waals surface area contributed by atoms with Gasteiger partial charge < -0.3 is 14.8 Å². The first-order valence-electron chi connectivity index (χ1n) is 5.82. The maximum atomic E-state index is 8.92. The van der Waals surface area contributed by atoms with Gasteiger partial charge in [-0.25, -0.2) is 0 Å². The van der Waals surface area contributed by atoms with Crippen LogP contribution in [0.25, 0.3) is 0 Å². The lowest BCUT2D eigenvalue weighted by atomic mass is 9.90. The number of hydrogen-bond acceptors (Lipinski definition) is 3. The standard InChI is InChI=1S/C13H23NO2/c1-10-7-12(11(2)16-10)8-14-9-13(3,4)5-6-15/h7,14-15H,5-6,8-9H2,1-4H3. The van der Waals surface area contributed by atoms with Gasteiger partial charge in [-0.1, -0.05) is 13.8 Å². The van der Waals surface area contributed by atoms with Crippen molar-refractivity contribution < 1.29 is 9.52 Å². The van der Waals surface area contributed by atoms with Crippen LogP contribution in [0, 0.1) is 19.3 Å². The summed E-state index contributed by atoms with van der Waals surface area (Å²) >= 11 is 0. The van der Waals surface area contributed by atoms with Crippen LogP contribution in [0.3, 0.4) is 0 Å². The molecule has 0 radical (unpaired) electrons. The maximum Gasteiger partial charge on any atom is 0.105 e. The van der Waals surface area contributed by atoms with E-state index in [1.807, 2.05) is 13.8 Å². The van der Waals surface area contributed by atoms with Gasteiger partial charge in [-0.05, 0) is 31.7 Å². The van der Waals surface area contributed by atoms with Crippen molar-refractivity contribution in [3.8, 4) is 0 Å². The molecule has 92 valence electrons. The predicted octanol–water partition coefficient (Wildman–Crippen LogP) is 2.39. The molecular formula is C13H23NO2. The van der Waals surface area contributed by atoms with Gasteiger partial charge in [0.25, 0.3) is 0 Å². The lowest BCUT2D eigenvalue weighted by molar-refractivity contribution is 0.207. The second-order valence-corrected chi connectivity index (χ2v) is 5.18. The van der Waals surface area contributed by atoms with Gasteiger partial charge >= 0.3 is 0 Å². The molecule has 0 aliphatic rings. The smallest absolute Gasteiger partial charge is 0.105 e. The highest BCUT2D eigenvalue weighted by atomic mass is 16.3. The molecule has 0 aliphatic heterocycles. The number of aliphatic hydroxyl groups excluding tert-OH is 1. The summed E-state index contributed by atoms with van der Waals surface area (Å²) in [5.41, 5.74) is 1.36. The Balaban J connectivity index is 2.38. The molecule has 0 aliphatic carbocycles. The van der Waals surface area contributed by atoms with Crippen molar-refractivity contribution in [2.75, 3.05) is 13.2 Å². The first-order chi connectivity index (χ1) is 7.44. The van der Waals surface area contributed by atoms with E-state index in [1.54, 1.807) is 0 Å². The Hall–Kier alpha value is -0.800. The molecule has 3 nitrogen and oxygen atoms in total. The van der Waals surface area contributed by atoms with Gasteiger partial charge in [-0.2, -0.15) is 0 Å². The van der Waals surface area contributed by atoms with Crippen molar-refractivity contribution in [1.82, 2.24) is 5.32 Å². The molecule has 1 aromatic heterocycles. The average Bonchev–Trinajstić information content (AvgIpc) is 2.44. The van der Waals surface area contributed by atoms with E-state index >= 15 is 0 Å². The van der Waals surface area contributed by atoms with Crippen LogP contribution < -0.4 is 5.32 Å². The second-order valence-electron chi connectivity index (χ2n) is 5.18. The Kier molecular flexibility index (Phi) is 4.56. The van der Waals surface area contributed by atoms with Crippen LogP contribution in [0.15, 0.2) is 10.5 Å². The Labute approximate surface area is 97.9 Å². The fraction of sp³-hybridized carbons (Fsp3) is 0.692. The number of furan rings is 1. The van der Waals surface area contributed by atoms with Crippen molar-refractivity contribution >= 4 is 0 Å². The SMILES string of the molecule is Cc1cc(CNCC(C)(C)CCO)c(C)o1. The minimum Gasteiger partial charge on any atom is -0.466 e. The average molecular weight is 225 g/mol. The minimum absolute atomic E-state index is 0.140. The Morgan fingerprint density at radius 2 is 2.06 bits per heavy atom. The number of aliphatic hydroxyl groups is 1. The largest absolute Gasteiger partial charge is 0.466 e. The van der Waals surface area contributed by atoms with Crippen molar-refractivity contribution in [3.05, 3.63) is 23.2 Å². The molecule has 0 aromatic carbocycles. The van der Waals surface area contributed by atoms with Crippen LogP contribution in [0.5, 0.6) is 0 Å². The summed E-state index contributed by atoms with van der Waals surface area (Å²) in [6.07, 6.45) is 0.823. The molecule has 3 heteroatoms. The third-order valence-corrected chi connectivity index (χ3v) is 2.85. The zero-order chi connectivity index (χ0) is 12.2. The van der Waals surface area contributed by atoms with Crippen molar-refractivity contribution in [3.63, 3.8) is 0 Å². The van der Waals surface area contributed by atoms with Crippen molar-refractivity contribution in [2.45, 2.75) is 40.7 Å². The summed E-state index contributed by atoms with van der Waals surface area (Å²) in [5.74, 6) is 1.95. The van der Waals surface area contributed by atoms with E-state index < -0.39 is 0 Å². The summed E-state index contributed by atoms with van der Waals surface area (Å²) in [6.45, 7) is 10.2. The quantitative estimate of drug-likeness (QED) is 0.781. The van der Waals surface area contributed by atoms with Crippen LogP contribution in [0.2, 0.25) is 0 Å². The molecule has 0 fully saturated rings. The lowest BCUT2D eigenvalue weighted by Gasteiger charge is -2.23. The normalized spacial score (nSPS) is 12.1. The van der Waals surface area contributed by atoms with Crippen molar-refractivity contribution in [1.29, 1.82) is 0 Å². The molecule has 0 bridgehead atoms. The van der Waals surface area contributed by atoms with Gasteiger partial charge in [-0.15, -0.1) is 0 Å². The topological polar surface area (TPSA) is 45.4 Å². The van der Waals surface area contributed by atoms with Gasteiger partial charge in [0.1, 0.15) is 11.5 Å². The Morgan fingerprint density at radius 3 is 2.56 bits per heavy atom. The summed E-state index contributed by atoms with van der Waals surface area (Å²) in [6, 6.07) is 2.07. The highest BCUT2D eigenvalue weighted by Crippen LogP contribution is 2.19.